The fourth-order valence-corrected chi connectivity index (χ4v) is 3.57. The Morgan fingerprint density at radius 1 is 1.15 bits per heavy atom. The Balaban J connectivity index is 1.76. The number of fused-ring (bicyclic) bond motifs is 1. The molecule has 4 rings (SSSR count). The summed E-state index contributed by atoms with van der Waals surface area (Å²) in [6, 6.07) is 12.0. The smallest absolute Gasteiger partial charge is 0.285 e. The highest BCUT2D eigenvalue weighted by atomic mass is 32.2. The van der Waals surface area contributed by atoms with Gasteiger partial charge in [-0.2, -0.15) is 9.61 Å². The van der Waals surface area contributed by atoms with Crippen LogP contribution in [-0.4, -0.2) is 24.6 Å². The number of pyridine rings is 1. The third kappa shape index (κ3) is 3.13. The fraction of sp³-hybridized carbons (Fsp3) is 0.158. The summed E-state index contributed by atoms with van der Waals surface area (Å²) in [6.07, 6.45) is 3.55. The number of aromatic nitrogens is 5. The largest absolute Gasteiger partial charge is 0.350 e. The number of benzene rings is 1. The van der Waals surface area contributed by atoms with Crippen LogP contribution in [0.5, 0.6) is 0 Å². The van der Waals surface area contributed by atoms with Gasteiger partial charge in [-0.1, -0.05) is 47.7 Å². The second-order valence-corrected chi connectivity index (χ2v) is 7.02. The zero-order valence-electron chi connectivity index (χ0n) is 14.4. The van der Waals surface area contributed by atoms with Crippen LogP contribution in [0.15, 0.2) is 58.7 Å². The molecule has 3 aromatic heterocycles. The van der Waals surface area contributed by atoms with E-state index < -0.39 is 0 Å². The maximum atomic E-state index is 12.4. The molecule has 0 unspecified atom stereocenters. The topological polar surface area (TPSA) is 75.9 Å². The Morgan fingerprint density at radius 3 is 2.69 bits per heavy atom. The summed E-state index contributed by atoms with van der Waals surface area (Å²) in [5.74, 6) is 0.680. The first-order valence-corrected chi connectivity index (χ1v) is 9.19. The van der Waals surface area contributed by atoms with Gasteiger partial charge < -0.3 is 0 Å². The molecule has 0 saturated carbocycles. The monoisotopic (exact) mass is 363 g/mol. The SMILES string of the molecule is Cc1ccc(-c2c(C)nn3c(=O)[nH]c(SCc4cccnc4)nc23)cc1. The van der Waals surface area contributed by atoms with Gasteiger partial charge in [-0.3, -0.25) is 9.97 Å². The Bertz CT molecular complexity index is 1120. The van der Waals surface area contributed by atoms with Gasteiger partial charge in [0.05, 0.1) is 5.69 Å². The van der Waals surface area contributed by atoms with Crippen LogP contribution >= 0.6 is 11.8 Å². The standard InChI is InChI=1S/C19H17N5OS/c1-12-5-7-15(8-6-12)16-13(2)23-24-17(16)21-18(22-19(24)25)26-11-14-4-3-9-20-10-14/h3-10H,11H2,1-2H3,(H,21,22,25). The highest BCUT2D eigenvalue weighted by Crippen LogP contribution is 2.28. The van der Waals surface area contributed by atoms with Gasteiger partial charge in [0.25, 0.3) is 0 Å². The summed E-state index contributed by atoms with van der Waals surface area (Å²) in [4.78, 5) is 24.0. The van der Waals surface area contributed by atoms with Gasteiger partial charge in [0.1, 0.15) is 0 Å². The Kier molecular flexibility index (Phi) is 4.30. The van der Waals surface area contributed by atoms with Gasteiger partial charge in [-0.15, -0.1) is 0 Å². The number of nitrogens with zero attached hydrogens (tertiary/aromatic N) is 4. The van der Waals surface area contributed by atoms with E-state index in [2.05, 4.69) is 20.1 Å². The van der Waals surface area contributed by atoms with Gasteiger partial charge in [0, 0.05) is 23.7 Å². The number of thioether (sulfide) groups is 1. The van der Waals surface area contributed by atoms with Crippen molar-refractivity contribution >= 4 is 17.4 Å². The lowest BCUT2D eigenvalue weighted by atomic mass is 10.0. The first kappa shape index (κ1) is 16.5. The molecule has 1 aromatic carbocycles. The van der Waals surface area contributed by atoms with Crippen molar-refractivity contribution in [2.75, 3.05) is 0 Å². The molecule has 6 nitrogen and oxygen atoms in total. The maximum Gasteiger partial charge on any atom is 0.350 e. The molecule has 26 heavy (non-hydrogen) atoms. The highest BCUT2D eigenvalue weighted by Gasteiger charge is 2.16. The summed E-state index contributed by atoms with van der Waals surface area (Å²) in [5, 5.41) is 4.93. The molecule has 0 fully saturated rings. The summed E-state index contributed by atoms with van der Waals surface area (Å²) < 4.78 is 1.33. The van der Waals surface area contributed by atoms with Crippen molar-refractivity contribution in [3.05, 3.63) is 76.1 Å². The zero-order valence-corrected chi connectivity index (χ0v) is 15.2. The minimum absolute atomic E-state index is 0.287. The van der Waals surface area contributed by atoms with Crippen molar-refractivity contribution in [3.63, 3.8) is 0 Å². The van der Waals surface area contributed by atoms with Crippen molar-refractivity contribution in [3.8, 4) is 11.1 Å². The van der Waals surface area contributed by atoms with E-state index in [9.17, 15) is 4.79 Å². The molecular formula is C19H17N5OS. The average molecular weight is 363 g/mol. The first-order valence-electron chi connectivity index (χ1n) is 8.20. The van der Waals surface area contributed by atoms with E-state index in [1.54, 1.807) is 6.20 Å². The lowest BCUT2D eigenvalue weighted by Crippen LogP contribution is -2.19. The fourth-order valence-electron chi connectivity index (χ4n) is 2.79. The number of rotatable bonds is 4. The van der Waals surface area contributed by atoms with Crippen LogP contribution in [0.2, 0.25) is 0 Å². The quantitative estimate of drug-likeness (QED) is 0.563. The van der Waals surface area contributed by atoms with Crippen LogP contribution < -0.4 is 5.69 Å². The number of aromatic amines is 1. The van der Waals surface area contributed by atoms with Crippen molar-refractivity contribution in [2.45, 2.75) is 24.8 Å². The Labute approximate surface area is 154 Å². The second kappa shape index (κ2) is 6.76. The summed E-state index contributed by atoms with van der Waals surface area (Å²) in [5.41, 5.74) is 5.21. The molecule has 0 aliphatic rings. The molecule has 0 saturated heterocycles. The van der Waals surface area contributed by atoms with Crippen molar-refractivity contribution in [1.82, 2.24) is 24.6 Å². The van der Waals surface area contributed by atoms with Crippen molar-refractivity contribution in [1.29, 1.82) is 0 Å². The summed E-state index contributed by atoms with van der Waals surface area (Å²) in [6.45, 7) is 3.94. The summed E-state index contributed by atoms with van der Waals surface area (Å²) >= 11 is 1.47. The van der Waals surface area contributed by atoms with E-state index >= 15 is 0 Å². The van der Waals surface area contributed by atoms with E-state index in [1.807, 2.05) is 56.4 Å². The van der Waals surface area contributed by atoms with E-state index in [0.717, 1.165) is 22.4 Å². The molecule has 0 amide bonds. The normalized spacial score (nSPS) is 11.2. The lowest BCUT2D eigenvalue weighted by Gasteiger charge is -2.04. The summed E-state index contributed by atoms with van der Waals surface area (Å²) in [7, 11) is 0. The van der Waals surface area contributed by atoms with Crippen LogP contribution in [0.4, 0.5) is 0 Å². The van der Waals surface area contributed by atoms with Crippen LogP contribution in [0.3, 0.4) is 0 Å². The van der Waals surface area contributed by atoms with Crippen molar-refractivity contribution in [2.24, 2.45) is 0 Å². The van der Waals surface area contributed by atoms with E-state index in [-0.39, 0.29) is 5.69 Å². The van der Waals surface area contributed by atoms with Gasteiger partial charge in [-0.25, -0.2) is 9.78 Å². The maximum absolute atomic E-state index is 12.4. The lowest BCUT2D eigenvalue weighted by molar-refractivity contribution is 0.780. The van der Waals surface area contributed by atoms with E-state index in [1.165, 1.54) is 21.8 Å². The molecule has 1 N–H and O–H groups in total. The molecule has 0 aliphatic carbocycles. The molecule has 0 radical (unpaired) electrons. The van der Waals surface area contributed by atoms with Gasteiger partial charge in [0.2, 0.25) is 0 Å². The minimum atomic E-state index is -0.287. The van der Waals surface area contributed by atoms with Gasteiger partial charge in [-0.05, 0) is 31.0 Å². The second-order valence-electron chi connectivity index (χ2n) is 6.06. The molecule has 0 spiro atoms. The van der Waals surface area contributed by atoms with E-state index in [4.69, 9.17) is 0 Å². The number of H-pyrrole nitrogens is 1. The van der Waals surface area contributed by atoms with Crippen molar-refractivity contribution < 1.29 is 0 Å². The molecule has 130 valence electrons. The Morgan fingerprint density at radius 2 is 1.96 bits per heavy atom. The van der Waals surface area contributed by atoms with Gasteiger partial charge >= 0.3 is 5.69 Å². The first-order chi connectivity index (χ1) is 12.6. The predicted molar refractivity (Wildman–Crippen MR) is 102 cm³/mol. The number of hydrogen-bond donors (Lipinski definition) is 1. The number of hydrogen-bond acceptors (Lipinski definition) is 5. The average Bonchev–Trinajstić information content (AvgIpc) is 2.98. The molecule has 3 heterocycles. The molecule has 4 aromatic rings. The molecule has 7 heteroatoms. The predicted octanol–water partition coefficient (Wildman–Crippen LogP) is 3.39. The molecule has 0 aliphatic heterocycles. The third-order valence-electron chi connectivity index (χ3n) is 4.09. The highest BCUT2D eigenvalue weighted by molar-refractivity contribution is 7.98. The number of nitrogens with one attached hydrogen (secondary N) is 1. The molecule has 0 bridgehead atoms. The van der Waals surface area contributed by atoms with Gasteiger partial charge in [0.15, 0.2) is 10.8 Å². The minimum Gasteiger partial charge on any atom is -0.285 e. The molecular weight excluding hydrogens is 346 g/mol. The van der Waals surface area contributed by atoms with Crippen LogP contribution in [-0.2, 0) is 5.75 Å². The third-order valence-corrected chi connectivity index (χ3v) is 5.03. The van der Waals surface area contributed by atoms with Crippen LogP contribution in [0, 0.1) is 13.8 Å². The Hall–Kier alpha value is -2.93. The van der Waals surface area contributed by atoms with Crippen LogP contribution in [0.25, 0.3) is 16.8 Å². The van der Waals surface area contributed by atoms with Crippen LogP contribution in [0.1, 0.15) is 16.8 Å². The zero-order chi connectivity index (χ0) is 18.1. The number of aryl methyl sites for hydroxylation is 2. The van der Waals surface area contributed by atoms with E-state index in [0.29, 0.717) is 16.6 Å². The molecule has 0 atom stereocenters.